The largest absolute Gasteiger partial charge is 0.385 e. The second-order valence-corrected chi connectivity index (χ2v) is 3.87. The fraction of sp³-hybridized carbons (Fsp3) is 0.429. The van der Waals surface area contributed by atoms with Gasteiger partial charge in [-0.2, -0.15) is 10.5 Å². The molecule has 0 aliphatic carbocycles. The van der Waals surface area contributed by atoms with Crippen molar-refractivity contribution < 1.29 is 9.47 Å². The minimum absolute atomic E-state index is 0.383. The molecule has 0 radical (unpaired) electrons. The third-order valence-corrected chi connectivity index (χ3v) is 2.47. The molecule has 0 spiro atoms. The van der Waals surface area contributed by atoms with E-state index >= 15 is 0 Å². The van der Waals surface area contributed by atoms with Gasteiger partial charge in [-0.05, 0) is 24.6 Å². The average molecular weight is 259 g/mol. The third-order valence-electron chi connectivity index (χ3n) is 2.47. The Morgan fingerprint density at radius 1 is 1.11 bits per heavy atom. The number of anilines is 1. The van der Waals surface area contributed by atoms with Crippen LogP contribution in [-0.4, -0.2) is 33.5 Å². The second kappa shape index (κ2) is 8.93. The highest BCUT2D eigenvalue weighted by molar-refractivity contribution is 5.56. The van der Waals surface area contributed by atoms with Crippen LogP contribution in [0.25, 0.3) is 0 Å². The van der Waals surface area contributed by atoms with E-state index in [1.165, 1.54) is 0 Å². The summed E-state index contributed by atoms with van der Waals surface area (Å²) >= 11 is 0. The molecule has 100 valence electrons. The highest BCUT2D eigenvalue weighted by atomic mass is 16.5. The molecule has 0 aromatic heterocycles. The van der Waals surface area contributed by atoms with Crippen LogP contribution in [0.1, 0.15) is 17.5 Å². The standard InChI is InChI=1S/C14H17N3O2/c1-18-6-2-7-19-8-5-17-14-4-3-12(10-15)13(9-14)11-16/h3-4,9,17H,2,5-8H2,1H3. The molecule has 0 aliphatic rings. The lowest BCUT2D eigenvalue weighted by molar-refractivity contribution is 0.109. The predicted octanol–water partition coefficient (Wildman–Crippen LogP) is 1.89. The summed E-state index contributed by atoms with van der Waals surface area (Å²) in [5.41, 5.74) is 1.59. The Morgan fingerprint density at radius 3 is 2.58 bits per heavy atom. The Hall–Kier alpha value is -2.08. The van der Waals surface area contributed by atoms with E-state index in [1.54, 1.807) is 25.3 Å². The van der Waals surface area contributed by atoms with E-state index in [0.29, 0.717) is 37.5 Å². The van der Waals surface area contributed by atoms with Gasteiger partial charge >= 0.3 is 0 Å². The zero-order valence-electron chi connectivity index (χ0n) is 11.0. The number of benzene rings is 1. The summed E-state index contributed by atoms with van der Waals surface area (Å²) in [4.78, 5) is 0. The number of hydrogen-bond donors (Lipinski definition) is 1. The maximum absolute atomic E-state index is 8.90. The Balaban J connectivity index is 2.31. The van der Waals surface area contributed by atoms with E-state index in [2.05, 4.69) is 5.32 Å². The number of hydrogen-bond acceptors (Lipinski definition) is 5. The Bertz CT molecular complexity index is 475. The molecule has 1 N–H and O–H groups in total. The van der Waals surface area contributed by atoms with Crippen LogP contribution in [0, 0.1) is 22.7 Å². The normalized spacial score (nSPS) is 9.63. The number of nitrogens with zero attached hydrogens (tertiary/aromatic N) is 2. The molecule has 0 unspecified atom stereocenters. The molecular formula is C14H17N3O2. The molecule has 1 rings (SSSR count). The molecule has 0 aliphatic heterocycles. The molecule has 0 saturated carbocycles. The lowest BCUT2D eigenvalue weighted by Gasteiger charge is -2.08. The topological polar surface area (TPSA) is 78.1 Å². The number of methoxy groups -OCH3 is 1. The summed E-state index contributed by atoms with van der Waals surface area (Å²) in [6.07, 6.45) is 0.881. The van der Waals surface area contributed by atoms with Crippen LogP contribution in [0.3, 0.4) is 0 Å². The van der Waals surface area contributed by atoms with Gasteiger partial charge < -0.3 is 14.8 Å². The molecule has 0 fully saturated rings. The molecule has 0 saturated heterocycles. The van der Waals surface area contributed by atoms with Gasteiger partial charge in [-0.1, -0.05) is 0 Å². The van der Waals surface area contributed by atoms with E-state index in [9.17, 15) is 0 Å². The van der Waals surface area contributed by atoms with Crippen LogP contribution in [-0.2, 0) is 9.47 Å². The average Bonchev–Trinajstić information content (AvgIpc) is 2.46. The molecule has 5 nitrogen and oxygen atoms in total. The van der Waals surface area contributed by atoms with E-state index in [1.807, 2.05) is 12.1 Å². The predicted molar refractivity (Wildman–Crippen MR) is 71.7 cm³/mol. The van der Waals surface area contributed by atoms with Crippen molar-refractivity contribution >= 4 is 5.69 Å². The van der Waals surface area contributed by atoms with E-state index in [4.69, 9.17) is 20.0 Å². The Morgan fingerprint density at radius 2 is 1.89 bits per heavy atom. The highest BCUT2D eigenvalue weighted by Crippen LogP contribution is 2.14. The van der Waals surface area contributed by atoms with Crippen LogP contribution in [0.2, 0.25) is 0 Å². The maximum Gasteiger partial charge on any atom is 0.101 e. The minimum atomic E-state index is 0.383. The SMILES string of the molecule is COCCCOCCNc1ccc(C#N)c(C#N)c1. The number of ether oxygens (including phenoxy) is 2. The van der Waals surface area contributed by atoms with Crippen molar-refractivity contribution in [1.29, 1.82) is 10.5 Å². The summed E-state index contributed by atoms with van der Waals surface area (Å²) in [5, 5.41) is 20.9. The Kier molecular flexibility index (Phi) is 7.04. The molecular weight excluding hydrogens is 242 g/mol. The van der Waals surface area contributed by atoms with Crippen molar-refractivity contribution in [1.82, 2.24) is 0 Å². The van der Waals surface area contributed by atoms with Crippen LogP contribution in [0.5, 0.6) is 0 Å². The zero-order chi connectivity index (χ0) is 13.9. The van der Waals surface area contributed by atoms with Gasteiger partial charge in [0.05, 0.1) is 17.7 Å². The lowest BCUT2D eigenvalue weighted by Crippen LogP contribution is -2.11. The maximum atomic E-state index is 8.90. The first kappa shape index (κ1) is 15.0. The minimum Gasteiger partial charge on any atom is -0.385 e. The summed E-state index contributed by atoms with van der Waals surface area (Å²) in [6.45, 7) is 2.62. The zero-order valence-corrected chi connectivity index (χ0v) is 11.0. The molecule has 0 bridgehead atoms. The van der Waals surface area contributed by atoms with E-state index in [0.717, 1.165) is 12.1 Å². The monoisotopic (exact) mass is 259 g/mol. The van der Waals surface area contributed by atoms with Crippen LogP contribution in [0.4, 0.5) is 5.69 Å². The van der Waals surface area contributed by atoms with Crippen molar-refractivity contribution in [3.05, 3.63) is 29.3 Å². The highest BCUT2D eigenvalue weighted by Gasteiger charge is 2.02. The second-order valence-electron chi connectivity index (χ2n) is 3.87. The molecule has 0 amide bonds. The first-order valence-corrected chi connectivity index (χ1v) is 6.06. The number of nitriles is 2. The Labute approximate surface area is 113 Å². The molecule has 19 heavy (non-hydrogen) atoms. The van der Waals surface area contributed by atoms with Gasteiger partial charge in [0.15, 0.2) is 0 Å². The van der Waals surface area contributed by atoms with Crippen molar-refractivity contribution in [2.75, 3.05) is 38.8 Å². The van der Waals surface area contributed by atoms with E-state index < -0.39 is 0 Å². The van der Waals surface area contributed by atoms with Crippen LogP contribution >= 0.6 is 0 Å². The van der Waals surface area contributed by atoms with Crippen molar-refractivity contribution in [3.63, 3.8) is 0 Å². The van der Waals surface area contributed by atoms with Gasteiger partial charge in [0.1, 0.15) is 12.1 Å². The molecule has 1 aromatic rings. The van der Waals surface area contributed by atoms with Gasteiger partial charge in [-0.3, -0.25) is 0 Å². The summed E-state index contributed by atoms with van der Waals surface area (Å²) < 4.78 is 10.3. The smallest absolute Gasteiger partial charge is 0.101 e. The van der Waals surface area contributed by atoms with Gasteiger partial charge in [0, 0.05) is 32.6 Å². The number of rotatable bonds is 8. The van der Waals surface area contributed by atoms with Crippen molar-refractivity contribution in [2.45, 2.75) is 6.42 Å². The van der Waals surface area contributed by atoms with Crippen molar-refractivity contribution in [2.24, 2.45) is 0 Å². The third kappa shape index (κ3) is 5.39. The van der Waals surface area contributed by atoms with Gasteiger partial charge in [-0.25, -0.2) is 0 Å². The fourth-order valence-corrected chi connectivity index (χ4v) is 1.52. The molecule has 0 heterocycles. The first-order chi connectivity index (χ1) is 9.31. The van der Waals surface area contributed by atoms with Gasteiger partial charge in [0.2, 0.25) is 0 Å². The summed E-state index contributed by atoms with van der Waals surface area (Å²) in [6, 6.07) is 9.08. The van der Waals surface area contributed by atoms with Gasteiger partial charge in [0.25, 0.3) is 0 Å². The van der Waals surface area contributed by atoms with Crippen molar-refractivity contribution in [3.8, 4) is 12.1 Å². The van der Waals surface area contributed by atoms with Crippen LogP contribution in [0.15, 0.2) is 18.2 Å². The molecule has 5 heteroatoms. The molecule has 0 atom stereocenters. The lowest BCUT2D eigenvalue weighted by atomic mass is 10.1. The first-order valence-electron chi connectivity index (χ1n) is 6.06. The van der Waals surface area contributed by atoms with E-state index in [-0.39, 0.29) is 0 Å². The van der Waals surface area contributed by atoms with Crippen LogP contribution < -0.4 is 5.32 Å². The summed E-state index contributed by atoms with van der Waals surface area (Å²) in [5.74, 6) is 0. The number of nitrogens with one attached hydrogen (secondary N) is 1. The fourth-order valence-electron chi connectivity index (χ4n) is 1.52. The summed E-state index contributed by atoms with van der Waals surface area (Å²) in [7, 11) is 1.67. The van der Waals surface area contributed by atoms with Gasteiger partial charge in [-0.15, -0.1) is 0 Å². The quantitative estimate of drug-likeness (QED) is 0.721. The molecule has 1 aromatic carbocycles.